The number of hydrogen-bond acceptors (Lipinski definition) is 3. The van der Waals surface area contributed by atoms with E-state index in [-0.39, 0.29) is 23.8 Å². The Morgan fingerprint density at radius 1 is 1.19 bits per heavy atom. The lowest BCUT2D eigenvalue weighted by Crippen LogP contribution is -2.45. The molecule has 0 saturated carbocycles. The number of piperidine rings is 1. The van der Waals surface area contributed by atoms with E-state index >= 15 is 0 Å². The van der Waals surface area contributed by atoms with Crippen LogP contribution in [0.1, 0.15) is 25.7 Å². The van der Waals surface area contributed by atoms with Crippen molar-refractivity contribution in [2.75, 3.05) is 19.7 Å². The third-order valence-electron chi connectivity index (χ3n) is 3.41. The first-order valence-electron chi connectivity index (χ1n) is 5.88. The molecule has 90 valence electrons. The van der Waals surface area contributed by atoms with Crippen molar-refractivity contribution in [3.05, 3.63) is 0 Å². The summed E-state index contributed by atoms with van der Waals surface area (Å²) >= 11 is 0. The van der Waals surface area contributed by atoms with Gasteiger partial charge in [0, 0.05) is 25.6 Å². The number of nitrogens with two attached hydrogens (primary N) is 1. The molecule has 0 aromatic carbocycles. The molecule has 1 atom stereocenters. The molecule has 5 heteroatoms. The Morgan fingerprint density at radius 3 is 2.38 bits per heavy atom. The maximum atomic E-state index is 12.0. The molecule has 0 radical (unpaired) electrons. The van der Waals surface area contributed by atoms with Crippen molar-refractivity contribution in [3.8, 4) is 0 Å². The standard InChI is InChI=1S/C11H18N2O3/c12-10(14)8-3-5-13(6-4-8)11(15)9-2-1-7-16-9/h8-9H,1-7H2,(H2,12,14)/t9-/m0/s1. The number of likely N-dealkylation sites (tertiary alicyclic amines) is 1. The summed E-state index contributed by atoms with van der Waals surface area (Å²) in [5.74, 6) is -0.224. The summed E-state index contributed by atoms with van der Waals surface area (Å²) in [5.41, 5.74) is 5.24. The van der Waals surface area contributed by atoms with Crippen molar-refractivity contribution in [3.63, 3.8) is 0 Å². The first kappa shape index (κ1) is 11.4. The van der Waals surface area contributed by atoms with E-state index in [2.05, 4.69) is 0 Å². The molecular weight excluding hydrogens is 208 g/mol. The van der Waals surface area contributed by atoms with Crippen molar-refractivity contribution < 1.29 is 14.3 Å². The summed E-state index contributed by atoms with van der Waals surface area (Å²) in [5, 5.41) is 0. The smallest absolute Gasteiger partial charge is 0.251 e. The molecular formula is C11H18N2O3. The minimum atomic E-state index is -0.246. The summed E-state index contributed by atoms with van der Waals surface area (Å²) in [6, 6.07) is 0. The van der Waals surface area contributed by atoms with E-state index in [0.717, 1.165) is 12.8 Å². The van der Waals surface area contributed by atoms with E-state index < -0.39 is 0 Å². The number of carbonyl (C=O) groups is 2. The molecule has 0 aromatic rings. The molecule has 0 aromatic heterocycles. The van der Waals surface area contributed by atoms with Crippen LogP contribution in [0.3, 0.4) is 0 Å². The quantitative estimate of drug-likeness (QED) is 0.714. The van der Waals surface area contributed by atoms with E-state index in [1.165, 1.54) is 0 Å². The first-order valence-corrected chi connectivity index (χ1v) is 5.88. The average molecular weight is 226 g/mol. The normalized spacial score (nSPS) is 27.0. The van der Waals surface area contributed by atoms with Crippen LogP contribution in [-0.4, -0.2) is 42.5 Å². The number of carbonyl (C=O) groups excluding carboxylic acids is 2. The summed E-state index contributed by atoms with van der Waals surface area (Å²) < 4.78 is 5.36. The predicted octanol–water partition coefficient (Wildman–Crippen LogP) is -0.111. The van der Waals surface area contributed by atoms with E-state index in [0.29, 0.717) is 32.5 Å². The van der Waals surface area contributed by atoms with Gasteiger partial charge in [-0.1, -0.05) is 0 Å². The maximum absolute atomic E-state index is 12.0. The van der Waals surface area contributed by atoms with Crippen LogP contribution >= 0.6 is 0 Å². The van der Waals surface area contributed by atoms with E-state index in [1.807, 2.05) is 0 Å². The summed E-state index contributed by atoms with van der Waals surface area (Å²) in [6.07, 6.45) is 2.93. The number of hydrogen-bond donors (Lipinski definition) is 1. The lowest BCUT2D eigenvalue weighted by atomic mass is 9.96. The second kappa shape index (κ2) is 4.82. The fraction of sp³-hybridized carbons (Fsp3) is 0.818. The van der Waals surface area contributed by atoms with Crippen LogP contribution in [0.25, 0.3) is 0 Å². The molecule has 2 N–H and O–H groups in total. The van der Waals surface area contributed by atoms with Gasteiger partial charge in [-0.25, -0.2) is 0 Å². The van der Waals surface area contributed by atoms with E-state index in [4.69, 9.17) is 10.5 Å². The molecule has 5 nitrogen and oxygen atoms in total. The van der Waals surface area contributed by atoms with Gasteiger partial charge in [-0.2, -0.15) is 0 Å². The van der Waals surface area contributed by atoms with Gasteiger partial charge in [0.2, 0.25) is 5.91 Å². The van der Waals surface area contributed by atoms with Crippen LogP contribution in [0.2, 0.25) is 0 Å². The van der Waals surface area contributed by atoms with Crippen LogP contribution in [0.15, 0.2) is 0 Å². The highest BCUT2D eigenvalue weighted by Gasteiger charge is 2.31. The summed E-state index contributed by atoms with van der Waals surface area (Å²) in [4.78, 5) is 24.7. The minimum absolute atomic E-state index is 0.0615. The first-order chi connectivity index (χ1) is 7.68. The lowest BCUT2D eigenvalue weighted by molar-refractivity contribution is -0.143. The Morgan fingerprint density at radius 2 is 1.88 bits per heavy atom. The SMILES string of the molecule is NC(=O)C1CCN(C(=O)[C@@H]2CCCO2)CC1. The molecule has 2 fully saturated rings. The van der Waals surface area contributed by atoms with Gasteiger partial charge in [-0.05, 0) is 25.7 Å². The molecule has 2 heterocycles. The van der Waals surface area contributed by atoms with E-state index in [1.54, 1.807) is 4.90 Å². The molecule has 2 amide bonds. The van der Waals surface area contributed by atoms with E-state index in [9.17, 15) is 9.59 Å². The minimum Gasteiger partial charge on any atom is -0.369 e. The fourth-order valence-corrected chi connectivity index (χ4v) is 2.36. The van der Waals surface area contributed by atoms with Gasteiger partial charge in [-0.15, -0.1) is 0 Å². The zero-order valence-electron chi connectivity index (χ0n) is 9.35. The van der Waals surface area contributed by atoms with Gasteiger partial charge in [0.1, 0.15) is 6.10 Å². The molecule has 0 aliphatic carbocycles. The van der Waals surface area contributed by atoms with Crippen molar-refractivity contribution in [1.29, 1.82) is 0 Å². The molecule has 2 saturated heterocycles. The van der Waals surface area contributed by atoms with Crippen molar-refractivity contribution in [2.45, 2.75) is 31.8 Å². The molecule has 16 heavy (non-hydrogen) atoms. The number of ether oxygens (including phenoxy) is 1. The second-order valence-electron chi connectivity index (χ2n) is 4.50. The largest absolute Gasteiger partial charge is 0.369 e. The van der Waals surface area contributed by atoms with Gasteiger partial charge >= 0.3 is 0 Å². The Balaban J connectivity index is 1.84. The second-order valence-corrected chi connectivity index (χ2v) is 4.50. The molecule has 2 rings (SSSR count). The monoisotopic (exact) mass is 226 g/mol. The van der Waals surface area contributed by atoms with Crippen LogP contribution in [0.4, 0.5) is 0 Å². The van der Waals surface area contributed by atoms with Gasteiger partial charge in [0.05, 0.1) is 0 Å². The number of nitrogens with zero attached hydrogens (tertiary/aromatic N) is 1. The number of primary amides is 1. The van der Waals surface area contributed by atoms with Crippen molar-refractivity contribution >= 4 is 11.8 Å². The Hall–Kier alpha value is -1.10. The van der Waals surface area contributed by atoms with Gasteiger partial charge < -0.3 is 15.4 Å². The van der Waals surface area contributed by atoms with Gasteiger partial charge in [0.25, 0.3) is 5.91 Å². The Labute approximate surface area is 94.9 Å². The predicted molar refractivity (Wildman–Crippen MR) is 57.5 cm³/mol. The summed E-state index contributed by atoms with van der Waals surface area (Å²) in [7, 11) is 0. The highest BCUT2D eigenvalue weighted by molar-refractivity contribution is 5.82. The molecule has 0 unspecified atom stereocenters. The van der Waals surface area contributed by atoms with Crippen molar-refractivity contribution in [1.82, 2.24) is 4.90 Å². The number of amides is 2. The van der Waals surface area contributed by atoms with Crippen LogP contribution < -0.4 is 5.73 Å². The molecule has 0 spiro atoms. The third-order valence-corrected chi connectivity index (χ3v) is 3.41. The number of rotatable bonds is 2. The topological polar surface area (TPSA) is 72.6 Å². The molecule has 2 aliphatic rings. The van der Waals surface area contributed by atoms with Crippen LogP contribution in [0.5, 0.6) is 0 Å². The van der Waals surface area contributed by atoms with Gasteiger partial charge in [0.15, 0.2) is 0 Å². The van der Waals surface area contributed by atoms with Gasteiger partial charge in [-0.3, -0.25) is 9.59 Å². The molecule has 2 aliphatic heterocycles. The fourth-order valence-electron chi connectivity index (χ4n) is 2.36. The van der Waals surface area contributed by atoms with Crippen LogP contribution in [-0.2, 0) is 14.3 Å². The maximum Gasteiger partial charge on any atom is 0.251 e. The third kappa shape index (κ3) is 2.35. The van der Waals surface area contributed by atoms with Crippen LogP contribution in [0, 0.1) is 5.92 Å². The highest BCUT2D eigenvalue weighted by atomic mass is 16.5. The zero-order valence-corrected chi connectivity index (χ0v) is 9.35. The Kier molecular flexibility index (Phi) is 3.43. The Bertz CT molecular complexity index is 279. The highest BCUT2D eigenvalue weighted by Crippen LogP contribution is 2.20. The average Bonchev–Trinajstić information content (AvgIpc) is 2.81. The van der Waals surface area contributed by atoms with Crippen molar-refractivity contribution in [2.24, 2.45) is 11.7 Å². The zero-order chi connectivity index (χ0) is 11.5. The molecule has 0 bridgehead atoms. The summed E-state index contributed by atoms with van der Waals surface area (Å²) in [6.45, 7) is 1.95. The lowest BCUT2D eigenvalue weighted by Gasteiger charge is -2.32.